The molecule has 0 radical (unpaired) electrons. The minimum Gasteiger partial charge on any atom is -0.462 e. The van der Waals surface area contributed by atoms with Crippen molar-refractivity contribution in [2.75, 3.05) is 13.2 Å². The van der Waals surface area contributed by atoms with Gasteiger partial charge in [-0.3, -0.25) is 14.4 Å². The van der Waals surface area contributed by atoms with Crippen molar-refractivity contribution in [2.45, 2.75) is 290 Å². The van der Waals surface area contributed by atoms with Crippen molar-refractivity contribution < 1.29 is 28.6 Å². The lowest BCUT2D eigenvalue weighted by Gasteiger charge is -2.18. The van der Waals surface area contributed by atoms with E-state index in [-0.39, 0.29) is 44.0 Å². The van der Waals surface area contributed by atoms with Crippen LogP contribution in [0.25, 0.3) is 0 Å². The minimum absolute atomic E-state index is 0.136. The second-order valence-corrected chi connectivity index (χ2v) is 21.6. The topological polar surface area (TPSA) is 78.9 Å². The Morgan fingerprint density at radius 1 is 0.256 bits per heavy atom. The van der Waals surface area contributed by atoms with Crippen LogP contribution in [-0.2, 0) is 28.6 Å². The standard InChI is InChI=1S/C76H122O6/c1-4-7-10-13-16-19-22-25-28-31-34-36-38-40-42-45-48-51-54-57-60-63-66-69-75(78)81-72-73(71-80-74(77)68-65-62-59-56-53-50-47-44-41-33-30-27-24-21-18-15-12-9-6-3)82-76(79)70-67-64-61-58-55-52-49-46-43-39-37-35-32-29-26-23-20-17-14-11-8-5-2/h7,9-10,12,16,18-19,21,25,27-28,30,34,36,40-42,44,48,50-51,53,57,59-60,62,73H,4-6,8,11,13-15,17,20,22-24,26,29,31-33,35,37-39,43,45-47,49,52,54-56,58,61,63-72H2,1-3H3/b10-7-,12-9-,19-16-,21-18-,28-25-,30-27-,36-34-,42-40-,44-41-,51-48-,53-50-,60-57-,62-59-. The summed E-state index contributed by atoms with van der Waals surface area (Å²) < 4.78 is 16.8. The first-order chi connectivity index (χ1) is 40.5. The van der Waals surface area contributed by atoms with E-state index in [1.807, 2.05) is 6.08 Å². The second kappa shape index (κ2) is 68.5. The predicted octanol–water partition coefficient (Wildman–Crippen LogP) is 23.3. The Bertz CT molecular complexity index is 1830. The van der Waals surface area contributed by atoms with Gasteiger partial charge in [0.1, 0.15) is 13.2 Å². The molecule has 6 nitrogen and oxygen atoms in total. The predicted molar refractivity (Wildman–Crippen MR) is 357 cm³/mol. The van der Waals surface area contributed by atoms with Crippen LogP contribution in [0.5, 0.6) is 0 Å². The van der Waals surface area contributed by atoms with Crippen LogP contribution < -0.4 is 0 Å². The highest BCUT2D eigenvalue weighted by molar-refractivity contribution is 5.71. The fourth-order valence-electron chi connectivity index (χ4n) is 8.87. The van der Waals surface area contributed by atoms with Gasteiger partial charge in [-0.05, 0) is 109 Å². The SMILES string of the molecule is CC/C=C\C/C=C\C/C=C\C/C=C\C/C=C\C/C=C\C/C=C\CCCC(=O)OCC(COC(=O)CC/C=C\C/C=C\C/C=C\C/C=C\C/C=C\C/C=C\CC)OC(=O)CCCCCCCCCCCCCCCCCCCCCCCC. The molecular formula is C76H122O6. The molecule has 0 aliphatic carbocycles. The summed E-state index contributed by atoms with van der Waals surface area (Å²) in [5.41, 5.74) is 0. The lowest BCUT2D eigenvalue weighted by atomic mass is 10.0. The molecule has 0 aromatic rings. The monoisotopic (exact) mass is 1130 g/mol. The van der Waals surface area contributed by atoms with Crippen molar-refractivity contribution in [1.82, 2.24) is 0 Å². The van der Waals surface area contributed by atoms with Crippen LogP contribution >= 0.6 is 0 Å². The van der Waals surface area contributed by atoms with Gasteiger partial charge < -0.3 is 14.2 Å². The molecule has 0 fully saturated rings. The van der Waals surface area contributed by atoms with Crippen molar-refractivity contribution in [1.29, 1.82) is 0 Å². The van der Waals surface area contributed by atoms with Gasteiger partial charge in [0.15, 0.2) is 6.10 Å². The molecule has 0 spiro atoms. The summed E-state index contributed by atoms with van der Waals surface area (Å²) in [6.07, 6.45) is 99.9. The maximum Gasteiger partial charge on any atom is 0.306 e. The molecule has 0 amide bonds. The normalized spacial score (nSPS) is 13.2. The molecule has 82 heavy (non-hydrogen) atoms. The molecule has 0 N–H and O–H groups in total. The number of esters is 3. The van der Waals surface area contributed by atoms with Crippen molar-refractivity contribution in [3.8, 4) is 0 Å². The molecule has 1 unspecified atom stereocenters. The molecule has 0 saturated carbocycles. The van der Waals surface area contributed by atoms with Crippen LogP contribution in [0.15, 0.2) is 158 Å². The van der Waals surface area contributed by atoms with Crippen molar-refractivity contribution in [3.05, 3.63) is 158 Å². The van der Waals surface area contributed by atoms with Crippen LogP contribution in [0, 0.1) is 0 Å². The first kappa shape index (κ1) is 77.0. The van der Waals surface area contributed by atoms with E-state index in [1.54, 1.807) is 0 Å². The van der Waals surface area contributed by atoms with Gasteiger partial charge in [0.2, 0.25) is 0 Å². The number of allylic oxidation sites excluding steroid dienone is 26. The largest absolute Gasteiger partial charge is 0.462 e. The average Bonchev–Trinajstić information content (AvgIpc) is 3.48. The molecule has 0 bridgehead atoms. The van der Waals surface area contributed by atoms with Gasteiger partial charge in [0.05, 0.1) is 0 Å². The zero-order valence-electron chi connectivity index (χ0n) is 52.9. The van der Waals surface area contributed by atoms with Crippen LogP contribution in [0.3, 0.4) is 0 Å². The van der Waals surface area contributed by atoms with Gasteiger partial charge in [0.25, 0.3) is 0 Å². The quantitative estimate of drug-likeness (QED) is 0.0261. The van der Waals surface area contributed by atoms with Crippen LogP contribution in [0.4, 0.5) is 0 Å². The number of ether oxygens (including phenoxy) is 3. The summed E-state index contributed by atoms with van der Waals surface area (Å²) in [5, 5.41) is 0. The number of hydrogen-bond donors (Lipinski definition) is 0. The van der Waals surface area contributed by atoms with Crippen LogP contribution in [0.1, 0.15) is 284 Å². The molecule has 0 aromatic heterocycles. The molecule has 0 aliphatic rings. The fraction of sp³-hybridized carbons (Fsp3) is 0.618. The highest BCUT2D eigenvalue weighted by atomic mass is 16.6. The van der Waals surface area contributed by atoms with E-state index in [4.69, 9.17) is 14.2 Å². The third kappa shape index (κ3) is 65.8. The molecule has 0 aliphatic heterocycles. The van der Waals surface area contributed by atoms with Crippen molar-refractivity contribution >= 4 is 17.9 Å². The van der Waals surface area contributed by atoms with E-state index in [9.17, 15) is 14.4 Å². The summed E-state index contributed by atoms with van der Waals surface area (Å²) in [6, 6.07) is 0. The number of carbonyl (C=O) groups excluding carboxylic acids is 3. The van der Waals surface area contributed by atoms with Gasteiger partial charge in [-0.25, -0.2) is 0 Å². The first-order valence-corrected chi connectivity index (χ1v) is 33.5. The Labute approximate surface area is 505 Å². The molecule has 462 valence electrons. The van der Waals surface area contributed by atoms with E-state index < -0.39 is 6.10 Å². The zero-order chi connectivity index (χ0) is 59.2. The Balaban J connectivity index is 4.57. The molecule has 6 heteroatoms. The minimum atomic E-state index is -0.840. The van der Waals surface area contributed by atoms with Crippen LogP contribution in [0.2, 0.25) is 0 Å². The van der Waals surface area contributed by atoms with Crippen molar-refractivity contribution in [3.63, 3.8) is 0 Å². The molecule has 0 aromatic carbocycles. The Morgan fingerprint density at radius 2 is 0.500 bits per heavy atom. The molecule has 0 heterocycles. The number of rotatable bonds is 59. The fourth-order valence-corrected chi connectivity index (χ4v) is 8.87. The Hall–Kier alpha value is -4.97. The van der Waals surface area contributed by atoms with Crippen LogP contribution in [-0.4, -0.2) is 37.2 Å². The molecule has 1 atom stereocenters. The lowest BCUT2D eigenvalue weighted by molar-refractivity contribution is -0.166. The third-order valence-electron chi connectivity index (χ3n) is 13.8. The number of carbonyl (C=O) groups is 3. The van der Waals surface area contributed by atoms with Gasteiger partial charge >= 0.3 is 17.9 Å². The summed E-state index contributed by atoms with van der Waals surface area (Å²) >= 11 is 0. The lowest BCUT2D eigenvalue weighted by Crippen LogP contribution is -2.30. The molecule has 0 saturated heterocycles. The van der Waals surface area contributed by atoms with Gasteiger partial charge in [-0.1, -0.05) is 314 Å². The summed E-state index contributed by atoms with van der Waals surface area (Å²) in [7, 11) is 0. The van der Waals surface area contributed by atoms with E-state index in [0.717, 1.165) is 109 Å². The third-order valence-corrected chi connectivity index (χ3v) is 13.8. The smallest absolute Gasteiger partial charge is 0.306 e. The maximum atomic E-state index is 12.9. The van der Waals surface area contributed by atoms with Gasteiger partial charge in [0, 0.05) is 19.3 Å². The number of hydrogen-bond acceptors (Lipinski definition) is 6. The summed E-state index contributed by atoms with van der Waals surface area (Å²) in [6.45, 7) is 6.32. The van der Waals surface area contributed by atoms with Gasteiger partial charge in [-0.15, -0.1) is 0 Å². The highest BCUT2D eigenvalue weighted by Gasteiger charge is 2.19. The maximum absolute atomic E-state index is 12.9. The van der Waals surface area contributed by atoms with Gasteiger partial charge in [-0.2, -0.15) is 0 Å². The van der Waals surface area contributed by atoms with E-state index in [1.165, 1.54) is 122 Å². The Morgan fingerprint density at radius 3 is 0.805 bits per heavy atom. The van der Waals surface area contributed by atoms with E-state index in [2.05, 4.69) is 173 Å². The Kier molecular flexibility index (Phi) is 64.4. The molecular weight excluding hydrogens is 1010 g/mol. The van der Waals surface area contributed by atoms with E-state index >= 15 is 0 Å². The first-order valence-electron chi connectivity index (χ1n) is 33.5. The average molecular weight is 1130 g/mol. The summed E-state index contributed by atoms with van der Waals surface area (Å²) in [5.74, 6) is -1.07. The molecule has 0 rings (SSSR count). The van der Waals surface area contributed by atoms with E-state index in [0.29, 0.717) is 19.3 Å². The highest BCUT2D eigenvalue weighted by Crippen LogP contribution is 2.16. The number of unbranched alkanes of at least 4 members (excludes halogenated alkanes) is 22. The van der Waals surface area contributed by atoms with Crippen molar-refractivity contribution in [2.24, 2.45) is 0 Å². The zero-order valence-corrected chi connectivity index (χ0v) is 52.9. The second-order valence-electron chi connectivity index (χ2n) is 21.6. The summed E-state index contributed by atoms with van der Waals surface area (Å²) in [4.78, 5) is 38.4.